The summed E-state index contributed by atoms with van der Waals surface area (Å²) in [6.07, 6.45) is 0. The maximum atomic E-state index is 11.3. The van der Waals surface area contributed by atoms with E-state index in [2.05, 4.69) is 26.6 Å². The van der Waals surface area contributed by atoms with Crippen molar-refractivity contribution in [3.8, 4) is 0 Å². The van der Waals surface area contributed by atoms with Gasteiger partial charge in [-0.15, -0.1) is 0 Å². The lowest BCUT2D eigenvalue weighted by Gasteiger charge is -2.08. The van der Waals surface area contributed by atoms with Crippen LogP contribution in [0.4, 0.5) is 5.69 Å². The summed E-state index contributed by atoms with van der Waals surface area (Å²) in [5, 5.41) is 13.4. The summed E-state index contributed by atoms with van der Waals surface area (Å²) in [5.74, 6) is -2.11. The normalized spacial score (nSPS) is 9.74. The molecule has 8 heteroatoms. The van der Waals surface area contributed by atoms with Crippen LogP contribution in [0.15, 0.2) is 22.7 Å². The highest BCUT2D eigenvalue weighted by Crippen LogP contribution is 2.20. The lowest BCUT2D eigenvalue weighted by atomic mass is 10.2. The van der Waals surface area contributed by atoms with Crippen LogP contribution in [0.2, 0.25) is 0 Å². The summed E-state index contributed by atoms with van der Waals surface area (Å²) < 4.78 is 0.510. The van der Waals surface area contributed by atoms with Crippen molar-refractivity contribution in [3.63, 3.8) is 0 Å². The molecule has 0 aliphatic rings. The first-order valence-corrected chi connectivity index (χ1v) is 6.01. The van der Waals surface area contributed by atoms with E-state index in [0.717, 1.165) is 0 Å². The van der Waals surface area contributed by atoms with Crippen molar-refractivity contribution < 1.29 is 19.5 Å². The van der Waals surface area contributed by atoms with Crippen LogP contribution in [0.1, 0.15) is 10.4 Å². The van der Waals surface area contributed by atoms with Gasteiger partial charge < -0.3 is 21.5 Å². The Kier molecular flexibility index (Phi) is 5.31. The third kappa shape index (κ3) is 4.96. The third-order valence-corrected chi connectivity index (χ3v) is 2.78. The van der Waals surface area contributed by atoms with Crippen molar-refractivity contribution in [3.05, 3.63) is 28.2 Å². The summed E-state index contributed by atoms with van der Waals surface area (Å²) in [7, 11) is 0. The molecule has 0 heterocycles. The standard InChI is InChI=1S/C11H12BrN3O4/c12-8-3-6(1-2-7(8)11(13)19)14-4-9(16)15-5-10(17)18/h1-3,14H,4-5H2,(H2,13,19)(H,15,16)(H,17,18). The molecular weight excluding hydrogens is 318 g/mol. The van der Waals surface area contributed by atoms with E-state index in [4.69, 9.17) is 10.8 Å². The summed E-state index contributed by atoms with van der Waals surface area (Å²) in [4.78, 5) is 32.5. The quantitative estimate of drug-likeness (QED) is 0.592. The number of carboxylic acids is 1. The van der Waals surface area contributed by atoms with E-state index < -0.39 is 24.3 Å². The average Bonchev–Trinajstić information content (AvgIpc) is 2.33. The molecule has 0 bridgehead atoms. The predicted molar refractivity (Wildman–Crippen MR) is 71.8 cm³/mol. The van der Waals surface area contributed by atoms with E-state index in [-0.39, 0.29) is 6.54 Å². The van der Waals surface area contributed by atoms with Gasteiger partial charge in [-0.3, -0.25) is 14.4 Å². The summed E-state index contributed by atoms with van der Waals surface area (Å²) in [6.45, 7) is -0.500. The van der Waals surface area contributed by atoms with Gasteiger partial charge in [0.1, 0.15) is 6.54 Å². The van der Waals surface area contributed by atoms with Crippen molar-refractivity contribution in [1.29, 1.82) is 0 Å². The van der Waals surface area contributed by atoms with Crippen molar-refractivity contribution in [2.45, 2.75) is 0 Å². The second-order valence-corrected chi connectivity index (χ2v) is 4.44. The first-order chi connectivity index (χ1) is 8.90. The van der Waals surface area contributed by atoms with Crippen LogP contribution in [0.5, 0.6) is 0 Å². The number of nitrogens with one attached hydrogen (secondary N) is 2. The number of benzene rings is 1. The maximum Gasteiger partial charge on any atom is 0.322 e. The van der Waals surface area contributed by atoms with E-state index in [1.54, 1.807) is 12.1 Å². The highest BCUT2D eigenvalue weighted by Gasteiger charge is 2.08. The number of nitrogens with two attached hydrogens (primary N) is 1. The Morgan fingerprint density at radius 2 is 1.95 bits per heavy atom. The largest absolute Gasteiger partial charge is 0.480 e. The van der Waals surface area contributed by atoms with E-state index in [1.807, 2.05) is 0 Å². The second kappa shape index (κ2) is 6.74. The number of anilines is 1. The van der Waals surface area contributed by atoms with Gasteiger partial charge in [-0.05, 0) is 34.1 Å². The van der Waals surface area contributed by atoms with Gasteiger partial charge in [0.15, 0.2) is 0 Å². The fraction of sp³-hybridized carbons (Fsp3) is 0.182. The SMILES string of the molecule is NC(=O)c1ccc(NCC(=O)NCC(=O)O)cc1Br. The molecule has 0 aromatic heterocycles. The molecule has 19 heavy (non-hydrogen) atoms. The number of hydrogen-bond donors (Lipinski definition) is 4. The van der Waals surface area contributed by atoms with Crippen LogP contribution in [0.25, 0.3) is 0 Å². The van der Waals surface area contributed by atoms with Crippen LogP contribution in [-0.4, -0.2) is 36.0 Å². The monoisotopic (exact) mass is 329 g/mol. The minimum atomic E-state index is -1.11. The number of aliphatic carboxylic acids is 1. The van der Waals surface area contributed by atoms with Crippen molar-refractivity contribution in [2.24, 2.45) is 5.73 Å². The maximum absolute atomic E-state index is 11.3. The Bertz CT molecular complexity index is 519. The van der Waals surface area contributed by atoms with Crippen LogP contribution >= 0.6 is 15.9 Å². The number of amides is 2. The van der Waals surface area contributed by atoms with Crippen LogP contribution in [-0.2, 0) is 9.59 Å². The molecule has 0 saturated heterocycles. The van der Waals surface area contributed by atoms with Crippen molar-refractivity contribution >= 4 is 39.4 Å². The number of rotatable bonds is 6. The fourth-order valence-corrected chi connectivity index (χ4v) is 1.82. The molecule has 5 N–H and O–H groups in total. The Balaban J connectivity index is 2.54. The first-order valence-electron chi connectivity index (χ1n) is 5.22. The molecule has 0 spiro atoms. The highest BCUT2D eigenvalue weighted by molar-refractivity contribution is 9.10. The van der Waals surface area contributed by atoms with Crippen molar-refractivity contribution in [1.82, 2.24) is 5.32 Å². The molecule has 102 valence electrons. The Labute approximate surface area is 117 Å². The number of primary amides is 1. The minimum Gasteiger partial charge on any atom is -0.480 e. The Morgan fingerprint density at radius 3 is 2.47 bits per heavy atom. The van der Waals surface area contributed by atoms with Gasteiger partial charge >= 0.3 is 5.97 Å². The first kappa shape index (κ1) is 15.0. The van der Waals surface area contributed by atoms with Gasteiger partial charge in [-0.2, -0.15) is 0 Å². The van der Waals surface area contributed by atoms with Gasteiger partial charge in [0.05, 0.1) is 12.1 Å². The Morgan fingerprint density at radius 1 is 1.26 bits per heavy atom. The smallest absolute Gasteiger partial charge is 0.322 e. The lowest BCUT2D eigenvalue weighted by Crippen LogP contribution is -2.33. The second-order valence-electron chi connectivity index (χ2n) is 3.58. The molecule has 0 radical (unpaired) electrons. The van der Waals surface area contributed by atoms with E-state index >= 15 is 0 Å². The molecule has 0 saturated carbocycles. The average molecular weight is 330 g/mol. The molecule has 1 rings (SSSR count). The zero-order valence-corrected chi connectivity index (χ0v) is 11.4. The molecule has 7 nitrogen and oxygen atoms in total. The predicted octanol–water partition coefficient (Wildman–Crippen LogP) is 0.161. The number of carbonyl (C=O) groups excluding carboxylic acids is 2. The Hall–Kier alpha value is -2.09. The molecule has 1 aromatic carbocycles. The zero-order valence-electron chi connectivity index (χ0n) is 9.77. The molecule has 0 fully saturated rings. The molecule has 1 aromatic rings. The zero-order chi connectivity index (χ0) is 14.4. The van der Waals surface area contributed by atoms with E-state index in [9.17, 15) is 14.4 Å². The lowest BCUT2D eigenvalue weighted by molar-refractivity contribution is -0.137. The van der Waals surface area contributed by atoms with Crippen molar-refractivity contribution in [2.75, 3.05) is 18.4 Å². The van der Waals surface area contributed by atoms with Gasteiger partial charge in [0.25, 0.3) is 0 Å². The molecular formula is C11H12BrN3O4. The summed E-state index contributed by atoms with van der Waals surface area (Å²) in [5.41, 5.74) is 6.08. The van der Waals surface area contributed by atoms with E-state index in [0.29, 0.717) is 15.7 Å². The van der Waals surface area contributed by atoms with Crippen LogP contribution in [0, 0.1) is 0 Å². The highest BCUT2D eigenvalue weighted by atomic mass is 79.9. The van der Waals surface area contributed by atoms with Gasteiger partial charge in [-0.1, -0.05) is 0 Å². The summed E-state index contributed by atoms with van der Waals surface area (Å²) >= 11 is 3.19. The number of carboxylic acid groups (broad SMARTS) is 1. The third-order valence-electron chi connectivity index (χ3n) is 2.12. The molecule has 0 aliphatic heterocycles. The number of halogens is 1. The van der Waals surface area contributed by atoms with Gasteiger partial charge in [-0.25, -0.2) is 0 Å². The molecule has 0 atom stereocenters. The van der Waals surface area contributed by atoms with Crippen LogP contribution < -0.4 is 16.4 Å². The number of carbonyl (C=O) groups is 3. The summed E-state index contributed by atoms with van der Waals surface area (Å²) in [6, 6.07) is 4.71. The fourth-order valence-electron chi connectivity index (χ4n) is 1.24. The van der Waals surface area contributed by atoms with Crippen LogP contribution in [0.3, 0.4) is 0 Å². The van der Waals surface area contributed by atoms with Gasteiger partial charge in [0.2, 0.25) is 11.8 Å². The minimum absolute atomic E-state index is 0.0738. The topological polar surface area (TPSA) is 122 Å². The van der Waals surface area contributed by atoms with E-state index in [1.165, 1.54) is 6.07 Å². The molecule has 0 aliphatic carbocycles. The van der Waals surface area contributed by atoms with Gasteiger partial charge in [0, 0.05) is 10.2 Å². The molecule has 0 unspecified atom stereocenters. The number of hydrogen-bond acceptors (Lipinski definition) is 4. The molecule has 2 amide bonds.